The van der Waals surface area contributed by atoms with E-state index in [1.165, 1.54) is 19.2 Å². The summed E-state index contributed by atoms with van der Waals surface area (Å²) in [7, 11) is 1.50. The topological polar surface area (TPSA) is 91.8 Å². The quantitative estimate of drug-likeness (QED) is 0.528. The molecule has 1 heterocycles. The number of carboxylic acid groups (broad SMARTS) is 1. The number of nitrogens with zero attached hydrogens (tertiary/aromatic N) is 2. The number of amides is 2. The maximum atomic E-state index is 11.1. The van der Waals surface area contributed by atoms with Crippen LogP contribution >= 0.6 is 22.6 Å². The fourth-order valence-electron chi connectivity index (χ4n) is 1.37. The van der Waals surface area contributed by atoms with Crippen molar-refractivity contribution in [2.24, 2.45) is 0 Å². The number of pyridine rings is 1. The van der Waals surface area contributed by atoms with Gasteiger partial charge in [0.15, 0.2) is 0 Å². The number of aromatic nitrogens is 1. The number of nitrogens with one attached hydrogen (secondary N) is 1. The van der Waals surface area contributed by atoms with Gasteiger partial charge < -0.3 is 20.1 Å². The largest absolute Gasteiger partial charge is 0.475 e. The molecule has 0 bridgehead atoms. The van der Waals surface area contributed by atoms with E-state index in [-0.39, 0.29) is 25.6 Å². The van der Waals surface area contributed by atoms with E-state index in [1.54, 1.807) is 12.3 Å². The van der Waals surface area contributed by atoms with Crippen LogP contribution in [0.1, 0.15) is 0 Å². The van der Waals surface area contributed by atoms with Crippen molar-refractivity contribution in [2.75, 3.05) is 26.7 Å². The molecule has 7 nitrogen and oxygen atoms in total. The first-order valence-corrected chi connectivity index (χ1v) is 7.22. The van der Waals surface area contributed by atoms with Gasteiger partial charge in [-0.3, -0.25) is 4.79 Å². The van der Waals surface area contributed by atoms with Crippen LogP contribution in [0.15, 0.2) is 30.5 Å². The molecule has 21 heavy (non-hydrogen) atoms. The maximum absolute atomic E-state index is 11.1. The lowest BCUT2D eigenvalue weighted by atomic mass is 10.4. The molecule has 0 aliphatic carbocycles. The van der Waals surface area contributed by atoms with Gasteiger partial charge in [-0.05, 0) is 34.7 Å². The second-order valence-corrected chi connectivity index (χ2v) is 5.05. The van der Waals surface area contributed by atoms with Crippen molar-refractivity contribution in [1.29, 1.82) is 0 Å². The van der Waals surface area contributed by atoms with E-state index in [4.69, 9.17) is 9.84 Å². The molecule has 8 heteroatoms. The molecule has 0 spiro atoms. The van der Waals surface area contributed by atoms with E-state index in [1.807, 2.05) is 6.07 Å². The number of ether oxygens (including phenoxy) is 1. The number of hydrogen-bond donors (Lipinski definition) is 2. The SMILES string of the molecule is CNC(=O)/C=C/CN(CCOc1ncccc1I)C(=O)O. The monoisotopic (exact) mass is 405 g/mol. The summed E-state index contributed by atoms with van der Waals surface area (Å²) in [5.74, 6) is 0.198. The molecule has 0 radical (unpaired) electrons. The highest BCUT2D eigenvalue weighted by atomic mass is 127. The summed E-state index contributed by atoms with van der Waals surface area (Å²) in [6.45, 7) is 0.485. The number of carbonyl (C=O) groups is 2. The molecule has 1 rings (SSSR count). The van der Waals surface area contributed by atoms with Crippen LogP contribution in [0.3, 0.4) is 0 Å². The van der Waals surface area contributed by atoms with Gasteiger partial charge in [-0.1, -0.05) is 6.08 Å². The van der Waals surface area contributed by atoms with E-state index in [0.717, 1.165) is 8.47 Å². The Morgan fingerprint density at radius 2 is 2.33 bits per heavy atom. The molecule has 114 valence electrons. The van der Waals surface area contributed by atoms with Crippen LogP contribution < -0.4 is 10.1 Å². The molecule has 1 aromatic heterocycles. The van der Waals surface area contributed by atoms with Crippen LogP contribution in [0.4, 0.5) is 4.79 Å². The number of carbonyl (C=O) groups excluding carboxylic acids is 1. The van der Waals surface area contributed by atoms with Gasteiger partial charge in [0, 0.05) is 25.9 Å². The third-order valence-corrected chi connectivity index (χ3v) is 3.26. The Balaban J connectivity index is 2.45. The first kappa shape index (κ1) is 17.2. The summed E-state index contributed by atoms with van der Waals surface area (Å²) in [6, 6.07) is 3.64. The van der Waals surface area contributed by atoms with E-state index in [0.29, 0.717) is 5.88 Å². The number of likely N-dealkylation sites (N-methyl/N-ethyl adjacent to an activating group) is 1. The zero-order chi connectivity index (χ0) is 15.7. The molecular weight excluding hydrogens is 389 g/mol. The Morgan fingerprint density at radius 3 is 2.95 bits per heavy atom. The van der Waals surface area contributed by atoms with Crippen molar-refractivity contribution in [2.45, 2.75) is 0 Å². The smallest absolute Gasteiger partial charge is 0.407 e. The lowest BCUT2D eigenvalue weighted by molar-refractivity contribution is -0.116. The van der Waals surface area contributed by atoms with E-state index >= 15 is 0 Å². The molecule has 1 aromatic rings. The van der Waals surface area contributed by atoms with Crippen molar-refractivity contribution in [3.05, 3.63) is 34.1 Å². The number of rotatable bonds is 7. The summed E-state index contributed by atoms with van der Waals surface area (Å²) in [6.07, 6.45) is 3.31. The van der Waals surface area contributed by atoms with Gasteiger partial charge in [-0.2, -0.15) is 0 Å². The van der Waals surface area contributed by atoms with Crippen LogP contribution in [-0.2, 0) is 4.79 Å². The van der Waals surface area contributed by atoms with Crippen LogP contribution in [0.2, 0.25) is 0 Å². The second-order valence-electron chi connectivity index (χ2n) is 3.88. The Morgan fingerprint density at radius 1 is 1.57 bits per heavy atom. The van der Waals surface area contributed by atoms with E-state index < -0.39 is 6.09 Å². The second kappa shape index (κ2) is 9.16. The highest BCUT2D eigenvalue weighted by molar-refractivity contribution is 14.1. The molecule has 2 amide bonds. The first-order chi connectivity index (χ1) is 10.0. The van der Waals surface area contributed by atoms with Crippen LogP contribution in [0.25, 0.3) is 0 Å². The van der Waals surface area contributed by atoms with Crippen molar-refractivity contribution in [3.8, 4) is 5.88 Å². The fraction of sp³-hybridized carbons (Fsp3) is 0.308. The lowest BCUT2D eigenvalue weighted by Crippen LogP contribution is -2.33. The van der Waals surface area contributed by atoms with Gasteiger partial charge >= 0.3 is 6.09 Å². The predicted molar refractivity (Wildman–Crippen MR) is 85.3 cm³/mol. The minimum absolute atomic E-state index is 0.116. The molecule has 0 atom stereocenters. The van der Waals surface area contributed by atoms with Crippen molar-refractivity contribution < 1.29 is 19.4 Å². The van der Waals surface area contributed by atoms with Crippen molar-refractivity contribution in [1.82, 2.24) is 15.2 Å². The van der Waals surface area contributed by atoms with Crippen LogP contribution in [0.5, 0.6) is 5.88 Å². The van der Waals surface area contributed by atoms with Crippen LogP contribution in [0, 0.1) is 3.57 Å². The highest BCUT2D eigenvalue weighted by Crippen LogP contribution is 2.15. The molecule has 0 aromatic carbocycles. The summed E-state index contributed by atoms with van der Waals surface area (Å²) in [5, 5.41) is 11.5. The normalized spacial score (nSPS) is 10.4. The summed E-state index contributed by atoms with van der Waals surface area (Å²) >= 11 is 2.09. The van der Waals surface area contributed by atoms with Gasteiger partial charge in [-0.25, -0.2) is 9.78 Å². The molecule has 0 aliphatic heterocycles. The summed E-state index contributed by atoms with van der Waals surface area (Å²) in [5.41, 5.74) is 0. The van der Waals surface area contributed by atoms with E-state index in [9.17, 15) is 9.59 Å². The average Bonchev–Trinajstić information content (AvgIpc) is 2.47. The van der Waals surface area contributed by atoms with Gasteiger partial charge in [0.25, 0.3) is 0 Å². The highest BCUT2D eigenvalue weighted by Gasteiger charge is 2.10. The summed E-state index contributed by atoms with van der Waals surface area (Å²) in [4.78, 5) is 27.3. The third-order valence-electron chi connectivity index (χ3n) is 2.44. The minimum atomic E-state index is -1.07. The van der Waals surface area contributed by atoms with Crippen molar-refractivity contribution in [3.63, 3.8) is 0 Å². The molecule has 0 unspecified atom stereocenters. The van der Waals surface area contributed by atoms with Gasteiger partial charge in [0.2, 0.25) is 11.8 Å². The first-order valence-electron chi connectivity index (χ1n) is 6.14. The molecule has 0 saturated carbocycles. The molecule has 0 saturated heterocycles. The molecule has 2 N–H and O–H groups in total. The Kier molecular flexibility index (Phi) is 7.51. The van der Waals surface area contributed by atoms with E-state index in [2.05, 4.69) is 32.9 Å². The Hall–Kier alpha value is -1.84. The predicted octanol–water partition coefficient (Wildman–Crippen LogP) is 1.35. The molecular formula is C13H16IN3O4. The lowest BCUT2D eigenvalue weighted by Gasteiger charge is -2.17. The average molecular weight is 405 g/mol. The zero-order valence-corrected chi connectivity index (χ0v) is 13.6. The maximum Gasteiger partial charge on any atom is 0.407 e. The number of halogens is 1. The van der Waals surface area contributed by atoms with Gasteiger partial charge in [0.05, 0.1) is 10.1 Å². The Labute approximate surface area is 136 Å². The third kappa shape index (κ3) is 6.43. The number of hydrogen-bond acceptors (Lipinski definition) is 4. The standard InChI is InChI=1S/C13H16IN3O4/c1-15-11(18)5-3-7-17(13(19)20)8-9-21-12-10(14)4-2-6-16-12/h2-6H,7-9H2,1H3,(H,15,18)(H,19,20)/b5-3+. The van der Waals surface area contributed by atoms with Gasteiger partial charge in [0.1, 0.15) is 6.61 Å². The van der Waals surface area contributed by atoms with Crippen molar-refractivity contribution >= 4 is 34.6 Å². The fourth-order valence-corrected chi connectivity index (χ4v) is 1.87. The zero-order valence-electron chi connectivity index (χ0n) is 11.5. The summed E-state index contributed by atoms with van der Waals surface area (Å²) < 4.78 is 6.30. The Bertz CT molecular complexity index is 522. The van der Waals surface area contributed by atoms with Gasteiger partial charge in [-0.15, -0.1) is 0 Å². The minimum Gasteiger partial charge on any atom is -0.475 e. The van der Waals surface area contributed by atoms with Crippen LogP contribution in [-0.4, -0.2) is 53.7 Å². The molecule has 0 fully saturated rings. The molecule has 0 aliphatic rings.